The van der Waals surface area contributed by atoms with Crippen LogP contribution < -0.4 is 15.4 Å². The molecule has 18 heavy (non-hydrogen) atoms. The van der Waals surface area contributed by atoms with E-state index in [9.17, 15) is 4.79 Å². The van der Waals surface area contributed by atoms with Crippen molar-refractivity contribution in [3.05, 3.63) is 23.8 Å². The molecule has 0 radical (unpaired) electrons. The third-order valence-corrected chi connectivity index (χ3v) is 2.93. The Morgan fingerprint density at radius 1 is 1.50 bits per heavy atom. The predicted molar refractivity (Wildman–Crippen MR) is 72.5 cm³/mol. The van der Waals surface area contributed by atoms with Crippen LogP contribution in [0.1, 0.15) is 31.1 Å². The second-order valence-electron chi connectivity index (χ2n) is 5.13. The number of hydrogen-bond donors (Lipinski definition) is 2. The van der Waals surface area contributed by atoms with Crippen molar-refractivity contribution in [3.63, 3.8) is 0 Å². The van der Waals surface area contributed by atoms with Gasteiger partial charge < -0.3 is 15.4 Å². The first-order chi connectivity index (χ1) is 8.52. The van der Waals surface area contributed by atoms with Gasteiger partial charge in [-0.1, -0.05) is 6.92 Å². The minimum atomic E-state index is -0.206. The Morgan fingerprint density at radius 2 is 2.28 bits per heavy atom. The molecule has 1 aromatic carbocycles. The molecule has 0 aliphatic carbocycles. The van der Waals surface area contributed by atoms with Crippen molar-refractivity contribution >= 4 is 11.5 Å². The van der Waals surface area contributed by atoms with Gasteiger partial charge in [0.05, 0.1) is 18.8 Å². The third kappa shape index (κ3) is 2.82. The van der Waals surface area contributed by atoms with Gasteiger partial charge in [-0.05, 0) is 38.6 Å². The number of carbonyl (C=O) groups is 1. The minimum absolute atomic E-state index is 0.103. The Bertz CT molecular complexity index is 455. The zero-order valence-corrected chi connectivity index (χ0v) is 11.2. The molecule has 2 rings (SSSR count). The van der Waals surface area contributed by atoms with Gasteiger partial charge in [0.25, 0.3) is 0 Å². The van der Waals surface area contributed by atoms with Crippen molar-refractivity contribution in [2.75, 3.05) is 25.0 Å². The summed E-state index contributed by atoms with van der Waals surface area (Å²) in [5.74, 6) is 0.914. The SMILES string of the molecule is CCNCC(=O)c1ccc2c(c1)NCC(C)(C)O2. The van der Waals surface area contributed by atoms with Crippen LogP contribution in [0.5, 0.6) is 5.75 Å². The van der Waals surface area contributed by atoms with E-state index in [1.807, 2.05) is 39.0 Å². The van der Waals surface area contributed by atoms with Crippen LogP contribution in [-0.4, -0.2) is 31.0 Å². The van der Waals surface area contributed by atoms with E-state index in [-0.39, 0.29) is 11.4 Å². The smallest absolute Gasteiger partial charge is 0.176 e. The van der Waals surface area contributed by atoms with E-state index in [0.717, 1.165) is 24.5 Å². The van der Waals surface area contributed by atoms with Crippen molar-refractivity contribution in [1.29, 1.82) is 0 Å². The molecular formula is C14H20N2O2. The highest BCUT2D eigenvalue weighted by Crippen LogP contribution is 2.33. The number of hydrogen-bond acceptors (Lipinski definition) is 4. The fourth-order valence-electron chi connectivity index (χ4n) is 1.91. The maximum absolute atomic E-state index is 11.9. The summed E-state index contributed by atoms with van der Waals surface area (Å²) in [6.45, 7) is 7.97. The highest BCUT2D eigenvalue weighted by Gasteiger charge is 2.26. The van der Waals surface area contributed by atoms with Gasteiger partial charge in [0.1, 0.15) is 11.4 Å². The molecule has 0 aromatic heterocycles. The zero-order chi connectivity index (χ0) is 13.2. The summed E-state index contributed by atoms with van der Waals surface area (Å²) in [5, 5.41) is 6.35. The summed E-state index contributed by atoms with van der Waals surface area (Å²) < 4.78 is 5.85. The first kappa shape index (κ1) is 12.9. The summed E-state index contributed by atoms with van der Waals surface area (Å²) in [6, 6.07) is 5.55. The lowest BCUT2D eigenvalue weighted by molar-refractivity contribution is 0.0991. The Kier molecular flexibility index (Phi) is 3.57. The van der Waals surface area contributed by atoms with Gasteiger partial charge in [-0.3, -0.25) is 4.79 Å². The second kappa shape index (κ2) is 4.98. The molecule has 0 amide bonds. The van der Waals surface area contributed by atoms with Crippen LogP contribution in [0.15, 0.2) is 18.2 Å². The molecule has 0 saturated heterocycles. The molecule has 1 aliphatic rings. The number of fused-ring (bicyclic) bond motifs is 1. The quantitative estimate of drug-likeness (QED) is 0.801. The predicted octanol–water partition coefficient (Wildman–Crippen LogP) is 2.06. The lowest BCUT2D eigenvalue weighted by Gasteiger charge is -2.33. The number of ether oxygens (including phenoxy) is 1. The Hall–Kier alpha value is -1.55. The summed E-state index contributed by atoms with van der Waals surface area (Å²) in [5.41, 5.74) is 1.41. The number of anilines is 1. The molecule has 0 unspecified atom stereocenters. The van der Waals surface area contributed by atoms with Crippen molar-refractivity contribution in [2.45, 2.75) is 26.4 Å². The monoisotopic (exact) mass is 248 g/mol. The largest absolute Gasteiger partial charge is 0.484 e. The van der Waals surface area contributed by atoms with E-state index in [4.69, 9.17) is 4.74 Å². The Labute approximate surface area is 108 Å². The van der Waals surface area contributed by atoms with E-state index in [2.05, 4.69) is 10.6 Å². The molecule has 4 nitrogen and oxygen atoms in total. The maximum atomic E-state index is 11.9. The van der Waals surface area contributed by atoms with Crippen LogP contribution in [0.2, 0.25) is 0 Å². The lowest BCUT2D eigenvalue weighted by atomic mass is 10.0. The normalized spacial score (nSPS) is 16.4. The summed E-state index contributed by atoms with van der Waals surface area (Å²) in [6.07, 6.45) is 0. The minimum Gasteiger partial charge on any atom is -0.484 e. The highest BCUT2D eigenvalue weighted by atomic mass is 16.5. The third-order valence-electron chi connectivity index (χ3n) is 2.93. The lowest BCUT2D eigenvalue weighted by Crippen LogP contribution is -2.40. The van der Waals surface area contributed by atoms with Gasteiger partial charge in [0.2, 0.25) is 0 Å². The van der Waals surface area contributed by atoms with E-state index in [0.29, 0.717) is 12.1 Å². The highest BCUT2D eigenvalue weighted by molar-refractivity contribution is 5.98. The van der Waals surface area contributed by atoms with Crippen LogP contribution in [-0.2, 0) is 0 Å². The Morgan fingerprint density at radius 3 is 3.00 bits per heavy atom. The van der Waals surface area contributed by atoms with Gasteiger partial charge in [-0.2, -0.15) is 0 Å². The number of nitrogens with one attached hydrogen (secondary N) is 2. The number of benzene rings is 1. The number of rotatable bonds is 4. The van der Waals surface area contributed by atoms with Crippen molar-refractivity contribution in [2.24, 2.45) is 0 Å². The molecule has 0 spiro atoms. The van der Waals surface area contributed by atoms with E-state index in [1.165, 1.54) is 0 Å². The summed E-state index contributed by atoms with van der Waals surface area (Å²) in [4.78, 5) is 11.9. The van der Waals surface area contributed by atoms with Crippen LogP contribution >= 0.6 is 0 Å². The van der Waals surface area contributed by atoms with Gasteiger partial charge in [-0.15, -0.1) is 0 Å². The zero-order valence-electron chi connectivity index (χ0n) is 11.2. The number of Topliss-reactive ketones (excluding diaryl/α,β-unsaturated/α-hetero) is 1. The number of ketones is 1. The second-order valence-corrected chi connectivity index (χ2v) is 5.13. The average Bonchev–Trinajstić information content (AvgIpc) is 2.34. The first-order valence-electron chi connectivity index (χ1n) is 6.33. The van der Waals surface area contributed by atoms with Crippen LogP contribution in [0.3, 0.4) is 0 Å². The van der Waals surface area contributed by atoms with Crippen LogP contribution in [0.25, 0.3) is 0 Å². The molecule has 1 aliphatic heterocycles. The molecular weight excluding hydrogens is 228 g/mol. The van der Waals surface area contributed by atoms with Gasteiger partial charge >= 0.3 is 0 Å². The van der Waals surface area contributed by atoms with Crippen molar-refractivity contribution in [1.82, 2.24) is 5.32 Å². The fraction of sp³-hybridized carbons (Fsp3) is 0.500. The van der Waals surface area contributed by atoms with Crippen LogP contribution in [0, 0.1) is 0 Å². The van der Waals surface area contributed by atoms with Gasteiger partial charge in [0.15, 0.2) is 5.78 Å². The molecule has 2 N–H and O–H groups in total. The Balaban J connectivity index is 2.16. The topological polar surface area (TPSA) is 50.4 Å². The van der Waals surface area contributed by atoms with Gasteiger partial charge in [0, 0.05) is 5.56 Å². The molecule has 0 saturated carbocycles. The first-order valence-corrected chi connectivity index (χ1v) is 6.33. The van der Waals surface area contributed by atoms with Crippen molar-refractivity contribution < 1.29 is 9.53 Å². The average molecular weight is 248 g/mol. The molecule has 98 valence electrons. The van der Waals surface area contributed by atoms with Gasteiger partial charge in [-0.25, -0.2) is 0 Å². The standard InChI is InChI=1S/C14H20N2O2/c1-4-15-8-12(17)10-5-6-13-11(7-10)16-9-14(2,3)18-13/h5-7,15-16H,4,8-9H2,1-3H3. The molecule has 0 bridgehead atoms. The molecule has 1 heterocycles. The maximum Gasteiger partial charge on any atom is 0.176 e. The summed E-state index contributed by atoms with van der Waals surface area (Å²) >= 11 is 0. The van der Waals surface area contributed by atoms with Crippen LogP contribution in [0.4, 0.5) is 5.69 Å². The van der Waals surface area contributed by atoms with E-state index in [1.54, 1.807) is 0 Å². The fourth-order valence-corrected chi connectivity index (χ4v) is 1.91. The van der Waals surface area contributed by atoms with Crippen molar-refractivity contribution in [3.8, 4) is 5.75 Å². The molecule has 0 atom stereocenters. The van der Waals surface area contributed by atoms with E-state index >= 15 is 0 Å². The summed E-state index contributed by atoms with van der Waals surface area (Å²) in [7, 11) is 0. The molecule has 0 fully saturated rings. The number of carbonyl (C=O) groups excluding carboxylic acids is 1. The number of likely N-dealkylation sites (N-methyl/N-ethyl adjacent to an activating group) is 1. The van der Waals surface area contributed by atoms with E-state index < -0.39 is 0 Å². The molecule has 4 heteroatoms. The molecule has 1 aromatic rings.